The van der Waals surface area contributed by atoms with Gasteiger partial charge in [-0.1, -0.05) is 26.8 Å². The molecule has 29 heavy (non-hydrogen) atoms. The molecule has 1 aromatic rings. The van der Waals surface area contributed by atoms with Crippen LogP contribution in [0.3, 0.4) is 0 Å². The Bertz CT molecular complexity index is 687. The molecule has 0 amide bonds. The molecule has 1 saturated heterocycles. The summed E-state index contributed by atoms with van der Waals surface area (Å²) in [5.74, 6) is 1.27. The van der Waals surface area contributed by atoms with E-state index in [2.05, 4.69) is 60.6 Å². The van der Waals surface area contributed by atoms with E-state index in [0.717, 1.165) is 18.6 Å². The Labute approximate surface area is 177 Å². The Kier molecular flexibility index (Phi) is 8.32. The molecular weight excluding hydrogens is 366 g/mol. The molecule has 166 valence electrons. The van der Waals surface area contributed by atoms with E-state index in [-0.39, 0.29) is 22.7 Å². The maximum absolute atomic E-state index is 10.2. The predicted molar refractivity (Wildman–Crippen MR) is 118 cm³/mol. The number of carbonyl (C=O) groups excluding carboxylic acids is 1. The molecule has 1 aromatic carbocycles. The predicted octanol–water partition coefficient (Wildman–Crippen LogP) is 5.89. The zero-order chi connectivity index (χ0) is 22.6. The Balaban J connectivity index is 0.000000447. The van der Waals surface area contributed by atoms with Gasteiger partial charge >= 0.3 is 5.97 Å². The first-order valence-corrected chi connectivity index (χ1v) is 10.6. The van der Waals surface area contributed by atoms with Gasteiger partial charge in [0.15, 0.2) is 5.75 Å². The van der Waals surface area contributed by atoms with E-state index in [1.807, 2.05) is 26.8 Å². The topological polar surface area (TPSA) is 48.0 Å². The normalized spacial score (nSPS) is 17.8. The lowest BCUT2D eigenvalue weighted by Gasteiger charge is -2.56. The zero-order valence-corrected chi connectivity index (χ0v) is 20.3. The number of benzene rings is 1. The Morgan fingerprint density at radius 2 is 1.72 bits per heavy atom. The number of hydrogen-bond acceptors (Lipinski definition) is 5. The van der Waals surface area contributed by atoms with Crippen molar-refractivity contribution in [2.45, 2.75) is 106 Å². The fourth-order valence-corrected chi connectivity index (χ4v) is 2.91. The smallest absolute Gasteiger partial charge is 0.303 e. The van der Waals surface area contributed by atoms with Crippen molar-refractivity contribution in [1.29, 1.82) is 0 Å². The monoisotopic (exact) mass is 407 g/mol. The van der Waals surface area contributed by atoms with Crippen molar-refractivity contribution in [1.82, 2.24) is 5.23 Å². The third-order valence-electron chi connectivity index (χ3n) is 5.07. The number of ether oxygens (including phenoxy) is 1. The van der Waals surface area contributed by atoms with Crippen LogP contribution in [0.2, 0.25) is 0 Å². The highest BCUT2D eigenvalue weighted by Crippen LogP contribution is 2.43. The summed E-state index contributed by atoms with van der Waals surface area (Å²) in [6.45, 7) is 22.0. The molecule has 0 unspecified atom stereocenters. The fraction of sp³-hybridized carbons (Fsp3) is 0.708. The van der Waals surface area contributed by atoms with Crippen molar-refractivity contribution in [3.8, 4) is 5.75 Å². The molecule has 0 aromatic heterocycles. The molecule has 2 rings (SSSR count). The van der Waals surface area contributed by atoms with Gasteiger partial charge in [0.25, 0.3) is 0 Å². The summed E-state index contributed by atoms with van der Waals surface area (Å²) < 4.78 is 4.80. The molecular formula is C24H41NO4. The van der Waals surface area contributed by atoms with Crippen molar-refractivity contribution in [3.63, 3.8) is 0 Å². The standard InChI is InChI=1S/C18H29NO2.C6H12O2/c1-8-14-9-10-16(12-15(14)11-13(2)3)20-19-17(4,5)18(6,7)21-19;1-5(7)8-6(2,3)4/h9-10,12-13H,8,11H2,1-7H3;1-4H3. The van der Waals surface area contributed by atoms with Gasteiger partial charge in [-0.3, -0.25) is 9.63 Å². The summed E-state index contributed by atoms with van der Waals surface area (Å²) in [6, 6.07) is 6.36. The number of nitrogens with zero attached hydrogens (tertiary/aromatic N) is 1. The fourth-order valence-electron chi connectivity index (χ4n) is 2.91. The maximum Gasteiger partial charge on any atom is 0.303 e. The molecule has 1 aliphatic rings. The van der Waals surface area contributed by atoms with E-state index in [4.69, 9.17) is 14.4 Å². The first kappa shape index (κ1) is 25.4. The summed E-state index contributed by atoms with van der Waals surface area (Å²) in [5.41, 5.74) is 2.11. The van der Waals surface area contributed by atoms with Crippen LogP contribution in [-0.2, 0) is 27.2 Å². The summed E-state index contributed by atoms with van der Waals surface area (Å²) in [4.78, 5) is 21.9. The van der Waals surface area contributed by atoms with Crippen LogP contribution >= 0.6 is 0 Å². The number of carbonyl (C=O) groups is 1. The van der Waals surface area contributed by atoms with Gasteiger partial charge in [0, 0.05) is 6.92 Å². The van der Waals surface area contributed by atoms with Crippen LogP contribution < -0.4 is 4.84 Å². The van der Waals surface area contributed by atoms with E-state index < -0.39 is 0 Å². The van der Waals surface area contributed by atoms with Crippen molar-refractivity contribution >= 4 is 5.97 Å². The highest BCUT2D eigenvalue weighted by atomic mass is 17.0. The maximum atomic E-state index is 10.2. The van der Waals surface area contributed by atoms with Crippen LogP contribution in [0.5, 0.6) is 5.75 Å². The summed E-state index contributed by atoms with van der Waals surface area (Å²) in [6.07, 6.45) is 2.14. The van der Waals surface area contributed by atoms with E-state index in [9.17, 15) is 4.79 Å². The van der Waals surface area contributed by atoms with Gasteiger partial charge in [-0.15, -0.1) is 0 Å². The van der Waals surface area contributed by atoms with Crippen LogP contribution in [-0.4, -0.2) is 27.9 Å². The minimum Gasteiger partial charge on any atom is -0.460 e. The zero-order valence-electron chi connectivity index (χ0n) is 20.3. The molecule has 0 bridgehead atoms. The molecule has 0 radical (unpaired) electrons. The van der Waals surface area contributed by atoms with Crippen molar-refractivity contribution < 1.29 is 19.2 Å². The molecule has 0 N–H and O–H groups in total. The van der Waals surface area contributed by atoms with Gasteiger partial charge in [-0.25, -0.2) is 0 Å². The Hall–Kier alpha value is -1.59. The van der Waals surface area contributed by atoms with Crippen molar-refractivity contribution in [3.05, 3.63) is 29.3 Å². The molecule has 1 fully saturated rings. The number of aryl methyl sites for hydroxylation is 1. The molecule has 5 heteroatoms. The second-order valence-corrected chi connectivity index (χ2v) is 10.1. The van der Waals surface area contributed by atoms with Gasteiger partial charge in [0.1, 0.15) is 16.7 Å². The SMILES string of the molecule is CC(=O)OC(C)(C)C.CCc1ccc(ON2OC(C)(C)C2(C)C)cc1CC(C)C. The molecule has 0 spiro atoms. The molecule has 0 atom stereocenters. The number of hydrogen-bond donors (Lipinski definition) is 0. The molecule has 0 aliphatic carbocycles. The van der Waals surface area contributed by atoms with Gasteiger partial charge in [0.2, 0.25) is 0 Å². The highest BCUT2D eigenvalue weighted by Gasteiger charge is 2.57. The Morgan fingerprint density at radius 3 is 2.07 bits per heavy atom. The summed E-state index contributed by atoms with van der Waals surface area (Å²) in [7, 11) is 0. The average Bonchev–Trinajstić information content (AvgIpc) is 2.52. The van der Waals surface area contributed by atoms with Crippen LogP contribution in [0.25, 0.3) is 0 Å². The van der Waals surface area contributed by atoms with Crippen molar-refractivity contribution in [2.75, 3.05) is 0 Å². The number of rotatable bonds is 5. The van der Waals surface area contributed by atoms with Crippen LogP contribution in [0, 0.1) is 5.92 Å². The number of esters is 1. The third kappa shape index (κ3) is 7.31. The minimum atomic E-state index is -0.328. The quantitative estimate of drug-likeness (QED) is 0.569. The lowest BCUT2D eigenvalue weighted by atomic mass is 9.84. The van der Waals surface area contributed by atoms with E-state index in [0.29, 0.717) is 5.92 Å². The van der Waals surface area contributed by atoms with E-state index >= 15 is 0 Å². The van der Waals surface area contributed by atoms with Gasteiger partial charge < -0.3 is 9.57 Å². The Morgan fingerprint density at radius 1 is 1.14 bits per heavy atom. The van der Waals surface area contributed by atoms with Crippen LogP contribution in [0.1, 0.15) is 87.3 Å². The highest BCUT2D eigenvalue weighted by molar-refractivity contribution is 5.66. The third-order valence-corrected chi connectivity index (χ3v) is 5.07. The van der Waals surface area contributed by atoms with Crippen LogP contribution in [0.15, 0.2) is 18.2 Å². The minimum absolute atomic E-state index is 0.144. The number of hydroxylamine groups is 2. The molecule has 1 aliphatic heterocycles. The average molecular weight is 408 g/mol. The second kappa shape index (κ2) is 9.48. The van der Waals surface area contributed by atoms with Crippen LogP contribution in [0.4, 0.5) is 0 Å². The van der Waals surface area contributed by atoms with E-state index in [1.54, 1.807) is 5.23 Å². The van der Waals surface area contributed by atoms with Crippen molar-refractivity contribution in [2.24, 2.45) is 5.92 Å². The molecule has 0 saturated carbocycles. The first-order valence-electron chi connectivity index (χ1n) is 10.6. The molecule has 1 heterocycles. The van der Waals surface area contributed by atoms with Gasteiger partial charge in [0.05, 0.1) is 0 Å². The first-order chi connectivity index (χ1) is 13.1. The summed E-state index contributed by atoms with van der Waals surface area (Å²) >= 11 is 0. The lowest BCUT2D eigenvalue weighted by Crippen LogP contribution is -2.72. The second-order valence-electron chi connectivity index (χ2n) is 10.1. The van der Waals surface area contributed by atoms with E-state index in [1.165, 1.54) is 18.1 Å². The van der Waals surface area contributed by atoms with Gasteiger partial charge in [-0.2, -0.15) is 0 Å². The molecule has 5 nitrogen and oxygen atoms in total. The summed E-state index contributed by atoms with van der Waals surface area (Å²) in [5, 5.41) is 1.62. The van der Waals surface area contributed by atoms with Gasteiger partial charge in [-0.05, 0) is 95.7 Å². The largest absolute Gasteiger partial charge is 0.460 e. The lowest BCUT2D eigenvalue weighted by molar-refractivity contribution is -0.514.